The Morgan fingerprint density at radius 2 is 1.81 bits per heavy atom. The van der Waals surface area contributed by atoms with Crippen LogP contribution in [0.25, 0.3) is 10.9 Å². The van der Waals surface area contributed by atoms with Crippen molar-refractivity contribution < 1.29 is 17.5 Å². The smallest absolute Gasteiger partial charge is 0.251 e. The molecule has 0 radical (unpaired) electrons. The van der Waals surface area contributed by atoms with E-state index in [1.165, 1.54) is 24.3 Å². The minimum Gasteiger partial charge on any atom is -0.492 e. The van der Waals surface area contributed by atoms with Crippen molar-refractivity contribution in [2.45, 2.75) is 6.42 Å². The third-order valence-electron chi connectivity index (χ3n) is 3.98. The maximum Gasteiger partial charge on any atom is 0.251 e. The van der Waals surface area contributed by atoms with E-state index < -0.39 is 10.0 Å². The normalized spacial score (nSPS) is 11.6. The second-order valence-electron chi connectivity index (χ2n) is 5.98. The van der Waals surface area contributed by atoms with Gasteiger partial charge in [-0.2, -0.15) is 0 Å². The fraction of sp³-hybridized carbons (Fsp3) is 0.211. The highest BCUT2D eigenvalue weighted by Crippen LogP contribution is 2.11. The van der Waals surface area contributed by atoms with E-state index in [2.05, 4.69) is 9.71 Å². The molecule has 142 valence electrons. The average molecular weight is 390 g/mol. The number of aromatic nitrogens is 1. The van der Waals surface area contributed by atoms with Crippen molar-refractivity contribution in [2.24, 2.45) is 0 Å². The van der Waals surface area contributed by atoms with Crippen LogP contribution in [0.5, 0.6) is 5.75 Å². The average Bonchev–Trinajstić information content (AvgIpc) is 2.63. The van der Waals surface area contributed by atoms with Crippen LogP contribution in [0.3, 0.4) is 0 Å². The molecule has 27 heavy (non-hydrogen) atoms. The first kappa shape index (κ1) is 19.1. The Bertz CT molecular complexity index is 1080. The van der Waals surface area contributed by atoms with E-state index in [1.54, 1.807) is 6.07 Å². The van der Waals surface area contributed by atoms with Crippen LogP contribution < -0.4 is 15.0 Å². The van der Waals surface area contributed by atoms with Gasteiger partial charge in [-0.15, -0.1) is 0 Å². The zero-order chi connectivity index (χ0) is 19.3. The zero-order valence-electron chi connectivity index (χ0n) is 14.4. The van der Waals surface area contributed by atoms with Crippen LogP contribution in [0.1, 0.15) is 5.56 Å². The lowest BCUT2D eigenvalue weighted by molar-refractivity contribution is 0.339. The molecule has 3 aromatic rings. The molecule has 0 spiro atoms. The number of ether oxygens (including phenoxy) is 1. The van der Waals surface area contributed by atoms with Crippen LogP contribution in [0.2, 0.25) is 0 Å². The van der Waals surface area contributed by atoms with E-state index in [4.69, 9.17) is 4.74 Å². The summed E-state index contributed by atoms with van der Waals surface area (Å²) in [5, 5.41) is 0.891. The van der Waals surface area contributed by atoms with Gasteiger partial charge < -0.3 is 9.72 Å². The third kappa shape index (κ3) is 5.38. The minimum absolute atomic E-state index is 0.0580. The number of fused-ring (bicyclic) bond motifs is 1. The number of sulfonamides is 1. The zero-order valence-corrected chi connectivity index (χ0v) is 15.3. The van der Waals surface area contributed by atoms with Gasteiger partial charge in [0.05, 0.1) is 5.75 Å². The van der Waals surface area contributed by atoms with Gasteiger partial charge in [0.15, 0.2) is 0 Å². The first-order valence-corrected chi connectivity index (χ1v) is 10.0. The Hall–Kier alpha value is -2.71. The van der Waals surface area contributed by atoms with E-state index in [0.717, 1.165) is 10.9 Å². The fourth-order valence-electron chi connectivity index (χ4n) is 2.59. The summed E-state index contributed by atoms with van der Waals surface area (Å²) in [6, 6.07) is 14.5. The van der Waals surface area contributed by atoms with Gasteiger partial charge >= 0.3 is 0 Å². The van der Waals surface area contributed by atoms with Gasteiger partial charge in [-0.3, -0.25) is 4.79 Å². The highest BCUT2D eigenvalue weighted by atomic mass is 32.2. The Labute approximate surface area is 156 Å². The Morgan fingerprint density at radius 3 is 2.59 bits per heavy atom. The van der Waals surface area contributed by atoms with Crippen molar-refractivity contribution in [1.29, 1.82) is 0 Å². The molecule has 0 atom stereocenters. The maximum atomic E-state index is 12.8. The molecule has 0 fully saturated rings. The second kappa shape index (κ2) is 8.32. The first-order valence-electron chi connectivity index (χ1n) is 8.40. The first-order chi connectivity index (χ1) is 12.9. The summed E-state index contributed by atoms with van der Waals surface area (Å²) in [5.41, 5.74) is 1.02. The molecular formula is C19H19FN2O4S. The monoisotopic (exact) mass is 390 g/mol. The van der Waals surface area contributed by atoms with Crippen LogP contribution in [-0.2, 0) is 16.4 Å². The number of rotatable bonds is 8. The van der Waals surface area contributed by atoms with Crippen molar-refractivity contribution in [1.82, 2.24) is 9.71 Å². The van der Waals surface area contributed by atoms with Crippen molar-refractivity contribution >= 4 is 20.9 Å². The van der Waals surface area contributed by atoms with Crippen LogP contribution in [0.4, 0.5) is 4.39 Å². The summed E-state index contributed by atoms with van der Waals surface area (Å²) < 4.78 is 44.6. The molecule has 2 N–H and O–H groups in total. The predicted molar refractivity (Wildman–Crippen MR) is 102 cm³/mol. The van der Waals surface area contributed by atoms with E-state index in [9.17, 15) is 17.6 Å². The van der Waals surface area contributed by atoms with E-state index in [0.29, 0.717) is 11.3 Å². The van der Waals surface area contributed by atoms with Crippen LogP contribution in [0.15, 0.2) is 59.4 Å². The lowest BCUT2D eigenvalue weighted by Gasteiger charge is -2.09. The molecule has 0 saturated carbocycles. The molecule has 0 bridgehead atoms. The molecule has 3 rings (SSSR count). The number of halogens is 1. The van der Waals surface area contributed by atoms with Crippen molar-refractivity contribution in [3.05, 3.63) is 76.3 Å². The van der Waals surface area contributed by atoms with Gasteiger partial charge in [0, 0.05) is 17.6 Å². The lowest BCUT2D eigenvalue weighted by atomic mass is 10.1. The fourth-order valence-corrected chi connectivity index (χ4v) is 3.45. The molecule has 0 aliphatic heterocycles. The molecule has 0 amide bonds. The summed E-state index contributed by atoms with van der Waals surface area (Å²) in [6.45, 7) is 0.0534. The standard InChI is InChI=1S/C19H19FN2O4S/c20-16-5-7-17(8-6-16)26-11-12-27(24,25)21-10-9-15-13-14-3-1-2-4-18(14)22-19(15)23/h1-8,13,21H,9-12H2,(H,22,23). The molecule has 0 aliphatic carbocycles. The van der Waals surface area contributed by atoms with Gasteiger partial charge in [-0.25, -0.2) is 17.5 Å². The maximum absolute atomic E-state index is 12.8. The number of para-hydroxylation sites is 1. The Kier molecular flexibility index (Phi) is 5.88. The number of aromatic amines is 1. The quantitative estimate of drug-likeness (QED) is 0.617. The Morgan fingerprint density at radius 1 is 1.07 bits per heavy atom. The lowest BCUT2D eigenvalue weighted by Crippen LogP contribution is -2.31. The van der Waals surface area contributed by atoms with Crippen LogP contribution in [0, 0.1) is 5.82 Å². The summed E-state index contributed by atoms with van der Waals surface area (Å²) in [7, 11) is -3.55. The van der Waals surface area contributed by atoms with E-state index in [1.807, 2.05) is 24.3 Å². The molecule has 0 unspecified atom stereocenters. The number of H-pyrrole nitrogens is 1. The van der Waals surface area contributed by atoms with Crippen LogP contribution >= 0.6 is 0 Å². The molecule has 6 nitrogen and oxygen atoms in total. The Balaban J connectivity index is 1.51. The number of hydrogen-bond acceptors (Lipinski definition) is 4. The second-order valence-corrected chi connectivity index (χ2v) is 7.90. The topological polar surface area (TPSA) is 88.3 Å². The summed E-state index contributed by atoms with van der Waals surface area (Å²) in [5.74, 6) is -0.229. The highest BCUT2D eigenvalue weighted by molar-refractivity contribution is 7.89. The van der Waals surface area contributed by atoms with Gasteiger partial charge in [-0.05, 0) is 48.2 Å². The molecule has 0 aliphatic rings. The largest absolute Gasteiger partial charge is 0.492 e. The summed E-state index contributed by atoms with van der Waals surface area (Å²) in [6.07, 6.45) is 0.276. The van der Waals surface area contributed by atoms with Crippen LogP contribution in [-0.4, -0.2) is 32.3 Å². The van der Waals surface area contributed by atoms with Crippen molar-refractivity contribution in [3.63, 3.8) is 0 Å². The SMILES string of the molecule is O=c1[nH]c2ccccc2cc1CCNS(=O)(=O)CCOc1ccc(F)cc1. The van der Waals surface area contributed by atoms with E-state index in [-0.39, 0.29) is 36.7 Å². The molecule has 8 heteroatoms. The van der Waals surface area contributed by atoms with Gasteiger partial charge in [-0.1, -0.05) is 18.2 Å². The van der Waals surface area contributed by atoms with Gasteiger partial charge in [0.2, 0.25) is 10.0 Å². The molecular weight excluding hydrogens is 371 g/mol. The van der Waals surface area contributed by atoms with Crippen molar-refractivity contribution in [3.8, 4) is 5.75 Å². The number of benzene rings is 2. The van der Waals surface area contributed by atoms with E-state index >= 15 is 0 Å². The number of nitrogens with one attached hydrogen (secondary N) is 2. The summed E-state index contributed by atoms with van der Waals surface area (Å²) in [4.78, 5) is 14.8. The predicted octanol–water partition coefficient (Wildman–Crippen LogP) is 2.21. The third-order valence-corrected chi connectivity index (χ3v) is 5.33. The number of hydrogen-bond donors (Lipinski definition) is 2. The molecule has 0 saturated heterocycles. The molecule has 1 heterocycles. The highest BCUT2D eigenvalue weighted by Gasteiger charge is 2.11. The summed E-state index contributed by atoms with van der Waals surface area (Å²) >= 11 is 0. The molecule has 2 aromatic carbocycles. The van der Waals surface area contributed by atoms with Crippen molar-refractivity contribution in [2.75, 3.05) is 18.9 Å². The molecule has 1 aromatic heterocycles. The van der Waals surface area contributed by atoms with Gasteiger partial charge in [0.1, 0.15) is 18.2 Å². The minimum atomic E-state index is -3.55. The van der Waals surface area contributed by atoms with Gasteiger partial charge in [0.25, 0.3) is 5.56 Å². The number of pyridine rings is 1.